The number of nitrogens with one attached hydrogen (secondary N) is 1. The van der Waals surface area contributed by atoms with E-state index in [4.69, 9.17) is 5.11 Å². The maximum Gasteiger partial charge on any atom is 0.307 e. The predicted molar refractivity (Wildman–Crippen MR) is 57.7 cm³/mol. The lowest BCUT2D eigenvalue weighted by Gasteiger charge is -2.12. The van der Waals surface area contributed by atoms with Crippen LogP contribution in [-0.4, -0.2) is 17.6 Å². The quantitative estimate of drug-likeness (QED) is 0.822. The highest BCUT2D eigenvalue weighted by atomic mass is 19.1. The van der Waals surface area contributed by atoms with Gasteiger partial charge in [-0.25, -0.2) is 4.39 Å². The molecule has 3 nitrogen and oxygen atoms in total. The van der Waals surface area contributed by atoms with Gasteiger partial charge in [0.05, 0.1) is 6.42 Å². The van der Waals surface area contributed by atoms with E-state index in [1.807, 2.05) is 0 Å². The maximum atomic E-state index is 13.6. The fourth-order valence-corrected chi connectivity index (χ4v) is 2.09. The van der Waals surface area contributed by atoms with Gasteiger partial charge in [-0.2, -0.15) is 0 Å². The van der Waals surface area contributed by atoms with Gasteiger partial charge in [-0.1, -0.05) is 12.1 Å². The zero-order valence-corrected chi connectivity index (χ0v) is 8.87. The van der Waals surface area contributed by atoms with Crippen LogP contribution in [0.4, 0.5) is 4.39 Å². The average Bonchev–Trinajstić information content (AvgIpc) is 2.73. The van der Waals surface area contributed by atoms with Crippen LogP contribution in [0.25, 0.3) is 0 Å². The lowest BCUT2D eigenvalue weighted by molar-refractivity contribution is -0.136. The molecule has 0 aliphatic carbocycles. The standard InChI is InChI=1S/C12H14FNO2/c13-10-4-3-8(7-12(15)16)6-9(10)11-2-1-5-14-11/h3-4,6,11,14H,1-2,5,7H2,(H,15,16)/t11-/m1/s1. The second-order valence-electron chi connectivity index (χ2n) is 4.08. The summed E-state index contributed by atoms with van der Waals surface area (Å²) in [6, 6.07) is 4.58. The van der Waals surface area contributed by atoms with E-state index >= 15 is 0 Å². The number of hydrogen-bond acceptors (Lipinski definition) is 2. The summed E-state index contributed by atoms with van der Waals surface area (Å²) in [6.45, 7) is 0.896. The first-order valence-electron chi connectivity index (χ1n) is 5.40. The van der Waals surface area contributed by atoms with E-state index in [-0.39, 0.29) is 18.3 Å². The van der Waals surface area contributed by atoms with Gasteiger partial charge < -0.3 is 10.4 Å². The maximum absolute atomic E-state index is 13.6. The number of benzene rings is 1. The van der Waals surface area contributed by atoms with Crippen LogP contribution >= 0.6 is 0 Å². The second kappa shape index (κ2) is 4.61. The van der Waals surface area contributed by atoms with Crippen LogP contribution in [0.5, 0.6) is 0 Å². The molecule has 0 bridgehead atoms. The summed E-state index contributed by atoms with van der Waals surface area (Å²) in [4.78, 5) is 10.6. The van der Waals surface area contributed by atoms with Gasteiger partial charge >= 0.3 is 5.97 Å². The molecule has 0 saturated carbocycles. The molecular formula is C12H14FNO2. The molecule has 2 rings (SSSR count). The molecule has 0 amide bonds. The molecule has 0 spiro atoms. The minimum Gasteiger partial charge on any atom is -0.481 e. The minimum absolute atomic E-state index is 0.0359. The number of aliphatic carboxylic acids is 1. The van der Waals surface area contributed by atoms with E-state index in [0.717, 1.165) is 19.4 Å². The zero-order chi connectivity index (χ0) is 11.5. The molecule has 86 valence electrons. The Balaban J connectivity index is 2.24. The SMILES string of the molecule is O=C(O)Cc1ccc(F)c([C@H]2CCCN2)c1. The van der Waals surface area contributed by atoms with E-state index in [2.05, 4.69) is 5.32 Å². The first-order chi connectivity index (χ1) is 7.66. The topological polar surface area (TPSA) is 49.3 Å². The predicted octanol–water partition coefficient (Wildman–Crippen LogP) is 1.88. The monoisotopic (exact) mass is 223 g/mol. The molecule has 0 unspecified atom stereocenters. The van der Waals surface area contributed by atoms with Crippen molar-refractivity contribution in [2.45, 2.75) is 25.3 Å². The van der Waals surface area contributed by atoms with Crippen LogP contribution in [0.3, 0.4) is 0 Å². The zero-order valence-electron chi connectivity index (χ0n) is 8.87. The van der Waals surface area contributed by atoms with E-state index in [0.29, 0.717) is 11.1 Å². The van der Waals surface area contributed by atoms with Crippen molar-refractivity contribution < 1.29 is 14.3 Å². The molecule has 2 N–H and O–H groups in total. The first-order valence-corrected chi connectivity index (χ1v) is 5.40. The van der Waals surface area contributed by atoms with Crippen molar-refractivity contribution in [2.24, 2.45) is 0 Å². The Hall–Kier alpha value is -1.42. The Kier molecular flexibility index (Phi) is 3.19. The van der Waals surface area contributed by atoms with Crippen molar-refractivity contribution >= 4 is 5.97 Å². The summed E-state index contributed by atoms with van der Waals surface area (Å²) in [5.41, 5.74) is 1.24. The summed E-state index contributed by atoms with van der Waals surface area (Å²) in [6.07, 6.45) is 1.89. The van der Waals surface area contributed by atoms with Crippen LogP contribution in [-0.2, 0) is 11.2 Å². The van der Waals surface area contributed by atoms with Crippen molar-refractivity contribution in [3.63, 3.8) is 0 Å². The van der Waals surface area contributed by atoms with E-state index in [1.165, 1.54) is 12.1 Å². The van der Waals surface area contributed by atoms with Gasteiger partial charge in [-0.3, -0.25) is 4.79 Å². The molecule has 1 aliphatic rings. The highest BCUT2D eigenvalue weighted by molar-refractivity contribution is 5.70. The van der Waals surface area contributed by atoms with Crippen LogP contribution in [0.2, 0.25) is 0 Å². The molecule has 1 fully saturated rings. The third kappa shape index (κ3) is 2.39. The van der Waals surface area contributed by atoms with Gasteiger partial charge in [0.2, 0.25) is 0 Å². The fraction of sp³-hybridized carbons (Fsp3) is 0.417. The molecule has 1 saturated heterocycles. The highest BCUT2D eigenvalue weighted by Crippen LogP contribution is 2.26. The molecular weight excluding hydrogens is 209 g/mol. The fourth-order valence-electron chi connectivity index (χ4n) is 2.09. The van der Waals surface area contributed by atoms with Gasteiger partial charge in [0.15, 0.2) is 0 Å². The average molecular weight is 223 g/mol. The van der Waals surface area contributed by atoms with Crippen LogP contribution in [0, 0.1) is 5.82 Å². The Bertz CT molecular complexity index is 400. The summed E-state index contributed by atoms with van der Waals surface area (Å²) in [5, 5.41) is 11.9. The Morgan fingerprint density at radius 3 is 3.00 bits per heavy atom. The molecule has 1 atom stereocenters. The van der Waals surface area contributed by atoms with Crippen LogP contribution in [0.15, 0.2) is 18.2 Å². The summed E-state index contributed by atoms with van der Waals surface area (Å²) in [5.74, 6) is -1.15. The largest absolute Gasteiger partial charge is 0.481 e. The van der Waals surface area contributed by atoms with Gasteiger partial charge in [0.25, 0.3) is 0 Å². The number of hydrogen-bond donors (Lipinski definition) is 2. The number of carboxylic acids is 1. The lowest BCUT2D eigenvalue weighted by atomic mass is 10.0. The van der Waals surface area contributed by atoms with Crippen molar-refractivity contribution in [3.05, 3.63) is 35.1 Å². The molecule has 1 heterocycles. The third-order valence-corrected chi connectivity index (χ3v) is 2.85. The normalized spacial score (nSPS) is 19.9. The number of carboxylic acid groups (broad SMARTS) is 1. The number of rotatable bonds is 3. The van der Waals surface area contributed by atoms with Crippen molar-refractivity contribution in [1.29, 1.82) is 0 Å². The lowest BCUT2D eigenvalue weighted by Crippen LogP contribution is -2.15. The van der Waals surface area contributed by atoms with Gasteiger partial charge in [0.1, 0.15) is 5.82 Å². The summed E-state index contributed by atoms with van der Waals surface area (Å²) < 4.78 is 13.6. The molecule has 1 aromatic rings. The Morgan fingerprint density at radius 1 is 1.56 bits per heavy atom. The second-order valence-corrected chi connectivity index (χ2v) is 4.08. The molecule has 1 aromatic carbocycles. The van der Waals surface area contributed by atoms with Gasteiger partial charge in [-0.05, 0) is 31.0 Å². The molecule has 16 heavy (non-hydrogen) atoms. The van der Waals surface area contributed by atoms with E-state index in [1.54, 1.807) is 6.07 Å². The first kappa shape index (κ1) is 11.1. The summed E-state index contributed by atoms with van der Waals surface area (Å²) >= 11 is 0. The van der Waals surface area contributed by atoms with E-state index < -0.39 is 5.97 Å². The van der Waals surface area contributed by atoms with Crippen molar-refractivity contribution in [3.8, 4) is 0 Å². The van der Waals surface area contributed by atoms with Gasteiger partial charge in [-0.15, -0.1) is 0 Å². The van der Waals surface area contributed by atoms with Crippen molar-refractivity contribution in [1.82, 2.24) is 5.32 Å². The van der Waals surface area contributed by atoms with Crippen LogP contribution in [0.1, 0.15) is 30.0 Å². The minimum atomic E-state index is -0.892. The third-order valence-electron chi connectivity index (χ3n) is 2.85. The summed E-state index contributed by atoms with van der Waals surface area (Å²) in [7, 11) is 0. The van der Waals surface area contributed by atoms with E-state index in [9.17, 15) is 9.18 Å². The number of halogens is 1. The highest BCUT2D eigenvalue weighted by Gasteiger charge is 2.20. The van der Waals surface area contributed by atoms with Gasteiger partial charge in [0, 0.05) is 11.6 Å². The van der Waals surface area contributed by atoms with Crippen LogP contribution < -0.4 is 5.32 Å². The molecule has 0 radical (unpaired) electrons. The molecule has 1 aliphatic heterocycles. The van der Waals surface area contributed by atoms with Crippen molar-refractivity contribution in [2.75, 3.05) is 6.54 Å². The Labute approximate surface area is 93.3 Å². The Morgan fingerprint density at radius 2 is 2.38 bits per heavy atom. The number of carbonyl (C=O) groups is 1. The molecule has 0 aromatic heterocycles. The molecule has 4 heteroatoms. The smallest absolute Gasteiger partial charge is 0.307 e.